The minimum absolute atomic E-state index is 0.0670. The van der Waals surface area contributed by atoms with Crippen molar-refractivity contribution in [3.05, 3.63) is 48.0 Å². The largest absolute Gasteiger partial charge is 0.354 e. The van der Waals surface area contributed by atoms with E-state index in [1.54, 1.807) is 0 Å². The Morgan fingerprint density at radius 2 is 1.86 bits per heavy atom. The number of hydrogen-bond donors (Lipinski definition) is 1. The number of aromatic nitrogens is 1. The maximum atomic E-state index is 15.0. The fourth-order valence-electron chi connectivity index (χ4n) is 4.68. The highest BCUT2D eigenvalue weighted by Crippen LogP contribution is 2.43. The summed E-state index contributed by atoms with van der Waals surface area (Å²) in [4.78, 5) is 15.3. The third-order valence-electron chi connectivity index (χ3n) is 6.44. The molecule has 1 aromatic heterocycles. The minimum Gasteiger partial charge on any atom is -0.354 e. The zero-order valence-electron chi connectivity index (χ0n) is 18.3. The third-order valence-corrected chi connectivity index (χ3v) is 7.84. The van der Waals surface area contributed by atoms with Gasteiger partial charge in [-0.05, 0) is 31.5 Å². The van der Waals surface area contributed by atoms with E-state index in [2.05, 4.69) is 5.16 Å². The van der Waals surface area contributed by atoms with E-state index in [1.165, 1.54) is 31.2 Å². The average Bonchev–Trinajstić information content (AvgIpc) is 3.34. The van der Waals surface area contributed by atoms with Gasteiger partial charge in [0.2, 0.25) is 10.0 Å². The normalized spacial score (nSPS) is 22.1. The topological polar surface area (TPSA) is 95.8 Å². The summed E-state index contributed by atoms with van der Waals surface area (Å²) in [6, 6.07) is 3.72. The predicted molar refractivity (Wildman–Crippen MR) is 119 cm³/mol. The first kappa shape index (κ1) is 23.5. The highest BCUT2D eigenvalue weighted by atomic mass is 32.2. The van der Waals surface area contributed by atoms with Crippen molar-refractivity contribution in [2.45, 2.75) is 31.4 Å². The molecular weight excluding hydrogens is 492 g/mol. The number of halogens is 4. The second-order valence-electron chi connectivity index (χ2n) is 8.42. The summed E-state index contributed by atoms with van der Waals surface area (Å²) in [5.74, 6) is -5.61. The number of carbonyl (C=O) groups is 1. The molecule has 2 aliphatic heterocycles. The number of anilines is 1. The Kier molecular flexibility index (Phi) is 5.51. The van der Waals surface area contributed by atoms with Crippen LogP contribution in [0.25, 0.3) is 22.1 Å². The summed E-state index contributed by atoms with van der Waals surface area (Å²) in [7, 11) is -3.94. The first-order chi connectivity index (χ1) is 16.5. The summed E-state index contributed by atoms with van der Waals surface area (Å²) in [6.45, 7) is 0.594. The van der Waals surface area contributed by atoms with Gasteiger partial charge in [-0.15, -0.1) is 0 Å². The van der Waals surface area contributed by atoms with Crippen molar-refractivity contribution < 1.29 is 35.3 Å². The van der Waals surface area contributed by atoms with E-state index in [0.29, 0.717) is 0 Å². The van der Waals surface area contributed by atoms with Crippen molar-refractivity contribution in [2.24, 2.45) is 0 Å². The maximum absolute atomic E-state index is 15.0. The molecule has 35 heavy (non-hydrogen) atoms. The molecule has 0 unspecified atom stereocenters. The average molecular weight is 512 g/mol. The van der Waals surface area contributed by atoms with Crippen LogP contribution >= 0.6 is 0 Å². The summed E-state index contributed by atoms with van der Waals surface area (Å²) in [5.41, 5.74) is -0.105. The number of urea groups is 1. The van der Waals surface area contributed by atoms with Gasteiger partial charge in [0.05, 0.1) is 16.7 Å². The number of carbonyl (C=O) groups excluding carboxylic acids is 1. The Bertz CT molecular complexity index is 1410. The van der Waals surface area contributed by atoms with Crippen molar-refractivity contribution in [3.8, 4) is 11.1 Å². The van der Waals surface area contributed by atoms with Gasteiger partial charge < -0.3 is 9.42 Å². The van der Waals surface area contributed by atoms with E-state index in [4.69, 9.17) is 4.52 Å². The zero-order chi connectivity index (χ0) is 25.1. The Hall–Kier alpha value is -3.19. The number of amides is 2. The Morgan fingerprint density at radius 3 is 2.54 bits per heavy atom. The van der Waals surface area contributed by atoms with E-state index in [9.17, 15) is 22.0 Å². The molecule has 0 radical (unpaired) electrons. The quantitative estimate of drug-likeness (QED) is 0.526. The Balaban J connectivity index is 1.54. The molecule has 0 aliphatic carbocycles. The molecule has 2 aliphatic rings. The van der Waals surface area contributed by atoms with Crippen molar-refractivity contribution in [2.75, 3.05) is 23.7 Å². The molecule has 0 saturated carbocycles. The van der Waals surface area contributed by atoms with Crippen LogP contribution < -0.4 is 9.62 Å². The van der Waals surface area contributed by atoms with Crippen molar-refractivity contribution in [1.29, 1.82) is 0 Å². The van der Waals surface area contributed by atoms with Crippen molar-refractivity contribution in [3.63, 3.8) is 0 Å². The van der Waals surface area contributed by atoms with Crippen LogP contribution in [0.1, 0.15) is 13.3 Å². The van der Waals surface area contributed by atoms with Crippen molar-refractivity contribution >= 4 is 32.8 Å². The van der Waals surface area contributed by atoms with Gasteiger partial charge in [0, 0.05) is 18.7 Å². The predicted octanol–water partition coefficient (Wildman–Crippen LogP) is 3.73. The number of sulfonamides is 1. The van der Waals surface area contributed by atoms with Crippen LogP contribution in [-0.4, -0.2) is 61.4 Å². The molecule has 3 aromatic rings. The van der Waals surface area contributed by atoms with E-state index in [1.807, 2.05) is 4.72 Å². The van der Waals surface area contributed by atoms with Crippen molar-refractivity contribution in [1.82, 2.24) is 14.8 Å². The number of nitrogens with one attached hydrogen (secondary N) is 1. The molecule has 186 valence electrons. The fraction of sp³-hybridized carbons (Fsp3) is 0.364. The van der Waals surface area contributed by atoms with Crippen LogP contribution in [0.15, 0.2) is 40.9 Å². The summed E-state index contributed by atoms with van der Waals surface area (Å²) in [6.07, 6.45) is -0.187. The number of hydrogen-bond acceptors (Lipinski definition) is 5. The lowest BCUT2D eigenvalue weighted by molar-refractivity contribution is -0.0448. The van der Waals surface area contributed by atoms with Gasteiger partial charge in [-0.1, -0.05) is 23.4 Å². The molecule has 2 fully saturated rings. The third kappa shape index (κ3) is 3.73. The van der Waals surface area contributed by atoms with Crippen LogP contribution in [0.4, 0.5) is 28.2 Å². The lowest BCUT2D eigenvalue weighted by atomic mass is 9.99. The molecule has 2 amide bonds. The summed E-state index contributed by atoms with van der Waals surface area (Å²) >= 11 is 0. The molecule has 0 bridgehead atoms. The number of fused-ring (bicyclic) bond motifs is 2. The van der Waals surface area contributed by atoms with Gasteiger partial charge in [0.15, 0.2) is 11.4 Å². The smallest absolute Gasteiger partial charge is 0.326 e. The van der Waals surface area contributed by atoms with E-state index in [-0.39, 0.29) is 46.6 Å². The van der Waals surface area contributed by atoms with Crippen LogP contribution in [0, 0.1) is 11.6 Å². The molecule has 13 heteroatoms. The van der Waals surface area contributed by atoms with Crippen LogP contribution in [-0.2, 0) is 10.0 Å². The SMILES string of the molecule is CCS(=O)(=O)N[C@@H]1CN2C(=O)N(c3noc4cccc(-c5c(F)cccc5F)c34)CC[C@@H]2C1(F)F. The van der Waals surface area contributed by atoms with Crippen LogP contribution in [0.5, 0.6) is 0 Å². The molecule has 1 N–H and O–H groups in total. The van der Waals surface area contributed by atoms with E-state index in [0.717, 1.165) is 21.9 Å². The highest BCUT2D eigenvalue weighted by molar-refractivity contribution is 7.89. The van der Waals surface area contributed by atoms with Gasteiger partial charge in [0.1, 0.15) is 23.7 Å². The molecule has 8 nitrogen and oxygen atoms in total. The molecule has 3 heterocycles. The maximum Gasteiger partial charge on any atom is 0.326 e. The second-order valence-corrected chi connectivity index (χ2v) is 10.5. The summed E-state index contributed by atoms with van der Waals surface area (Å²) in [5, 5.41) is 4.07. The molecule has 2 aromatic carbocycles. The van der Waals surface area contributed by atoms with Gasteiger partial charge >= 0.3 is 6.03 Å². The lowest BCUT2D eigenvalue weighted by Gasteiger charge is -2.37. The lowest BCUT2D eigenvalue weighted by Crippen LogP contribution is -2.56. The zero-order valence-corrected chi connectivity index (χ0v) is 19.2. The van der Waals surface area contributed by atoms with Crippen LogP contribution in [0.2, 0.25) is 0 Å². The molecule has 2 saturated heterocycles. The van der Waals surface area contributed by atoms with Crippen LogP contribution in [0.3, 0.4) is 0 Å². The Morgan fingerprint density at radius 1 is 1.17 bits per heavy atom. The Labute approximate surface area is 197 Å². The van der Waals surface area contributed by atoms with Gasteiger partial charge in [0.25, 0.3) is 5.92 Å². The minimum atomic E-state index is -3.94. The first-order valence-electron chi connectivity index (χ1n) is 10.8. The monoisotopic (exact) mass is 512 g/mol. The van der Waals surface area contributed by atoms with Gasteiger partial charge in [-0.3, -0.25) is 4.90 Å². The van der Waals surface area contributed by atoms with E-state index >= 15 is 8.78 Å². The fourth-order valence-corrected chi connectivity index (χ4v) is 5.52. The number of nitrogens with zero attached hydrogens (tertiary/aromatic N) is 3. The molecule has 0 spiro atoms. The molecular formula is C22H20F4N4O4S. The highest BCUT2D eigenvalue weighted by Gasteiger charge is 2.60. The number of benzene rings is 2. The first-order valence-corrected chi connectivity index (χ1v) is 12.5. The molecule has 2 atom stereocenters. The van der Waals surface area contributed by atoms with E-state index < -0.39 is 52.2 Å². The number of rotatable bonds is 5. The van der Waals surface area contributed by atoms with Gasteiger partial charge in [-0.2, -0.15) is 0 Å². The molecule has 5 rings (SSSR count). The standard InChI is InChI=1S/C22H20F4N4O4S/c1-2-35(32,33)28-16-11-30-17(22(16,25)26)9-10-29(21(30)31)20-19-12(5-3-8-15(19)34-27-20)18-13(23)6-4-7-14(18)24/h3-8,16-17,28H,2,9-11H2,1H3/t16-,17-/m1/s1. The number of alkyl halides is 2. The van der Waals surface area contributed by atoms with Gasteiger partial charge in [-0.25, -0.2) is 35.5 Å². The second kappa shape index (κ2) is 8.19. The summed E-state index contributed by atoms with van der Waals surface area (Å²) < 4.78 is 90.3.